The van der Waals surface area contributed by atoms with Crippen molar-refractivity contribution in [1.29, 1.82) is 0 Å². The first-order valence-electron chi connectivity index (χ1n) is 6.79. The van der Waals surface area contributed by atoms with Gasteiger partial charge in [0, 0.05) is 22.4 Å². The van der Waals surface area contributed by atoms with Gasteiger partial charge in [0.2, 0.25) is 0 Å². The second kappa shape index (κ2) is 6.79. The highest BCUT2D eigenvalue weighted by atomic mass is 79.9. The first-order chi connectivity index (χ1) is 10.4. The summed E-state index contributed by atoms with van der Waals surface area (Å²) in [7, 11) is 1.33. The van der Waals surface area contributed by atoms with E-state index < -0.39 is 5.97 Å². The number of anilines is 1. The van der Waals surface area contributed by atoms with E-state index in [1.807, 2.05) is 24.6 Å². The third-order valence-electron chi connectivity index (χ3n) is 3.17. The van der Waals surface area contributed by atoms with E-state index in [1.165, 1.54) is 7.11 Å². The van der Waals surface area contributed by atoms with E-state index in [1.54, 1.807) is 30.3 Å². The molecule has 22 heavy (non-hydrogen) atoms. The Balaban J connectivity index is 2.17. The quantitative estimate of drug-likeness (QED) is 0.837. The highest BCUT2D eigenvalue weighted by Crippen LogP contribution is 2.21. The van der Waals surface area contributed by atoms with Crippen LogP contribution in [0.5, 0.6) is 0 Å². The summed E-state index contributed by atoms with van der Waals surface area (Å²) in [6.45, 7) is 4.02. The Labute approximate surface area is 137 Å². The molecule has 2 aromatic rings. The molecule has 0 saturated carbocycles. The van der Waals surface area contributed by atoms with Crippen LogP contribution in [0.25, 0.3) is 0 Å². The largest absolute Gasteiger partial charge is 0.465 e. The summed E-state index contributed by atoms with van der Waals surface area (Å²) in [5.41, 5.74) is 1.62. The van der Waals surface area contributed by atoms with Crippen LogP contribution in [0.3, 0.4) is 0 Å². The van der Waals surface area contributed by atoms with Gasteiger partial charge in [-0.1, -0.05) is 0 Å². The first kappa shape index (κ1) is 16.3. The predicted octanol–water partition coefficient (Wildman–Crippen LogP) is 3.87. The summed E-state index contributed by atoms with van der Waals surface area (Å²) < 4.78 is 7.38. The Kier molecular flexibility index (Phi) is 5.03. The van der Waals surface area contributed by atoms with Gasteiger partial charge in [-0.05, 0) is 60.1 Å². The van der Waals surface area contributed by atoms with Crippen molar-refractivity contribution in [2.24, 2.45) is 0 Å². The number of hydrogen-bond acceptors (Lipinski definition) is 3. The third-order valence-corrected chi connectivity index (χ3v) is 3.60. The molecule has 6 heteroatoms. The molecular weight excluding hydrogens is 348 g/mol. The molecule has 1 N–H and O–H groups in total. The molecule has 1 amide bonds. The molecule has 116 valence electrons. The van der Waals surface area contributed by atoms with Crippen LogP contribution in [0.15, 0.2) is 41.0 Å². The van der Waals surface area contributed by atoms with E-state index in [0.29, 0.717) is 16.9 Å². The van der Waals surface area contributed by atoms with Gasteiger partial charge in [0.15, 0.2) is 0 Å². The summed E-state index contributed by atoms with van der Waals surface area (Å²) in [5, 5.41) is 2.82. The number of aromatic nitrogens is 1. The number of halogens is 1. The molecule has 0 aliphatic carbocycles. The lowest BCUT2D eigenvalue weighted by molar-refractivity contribution is 0.0600. The number of benzene rings is 1. The maximum Gasteiger partial charge on any atom is 0.337 e. The standard InChI is InChI=1S/C16H17BrN2O3/c1-10(2)19-9-12(17)8-14(19)15(20)18-13-6-4-11(5-7-13)16(21)22-3/h4-10H,1-3H3,(H,18,20). The number of carbonyl (C=O) groups excluding carboxylic acids is 2. The van der Waals surface area contributed by atoms with E-state index in [-0.39, 0.29) is 11.9 Å². The van der Waals surface area contributed by atoms with Gasteiger partial charge in [-0.25, -0.2) is 4.79 Å². The summed E-state index contributed by atoms with van der Waals surface area (Å²) in [6, 6.07) is 8.51. The third kappa shape index (κ3) is 3.57. The summed E-state index contributed by atoms with van der Waals surface area (Å²) in [5.74, 6) is -0.610. The second-order valence-electron chi connectivity index (χ2n) is 5.07. The number of methoxy groups -OCH3 is 1. The van der Waals surface area contributed by atoms with Crippen LogP contribution in [0, 0.1) is 0 Å². The van der Waals surface area contributed by atoms with E-state index in [4.69, 9.17) is 0 Å². The molecule has 0 fully saturated rings. The fraction of sp³-hybridized carbons (Fsp3) is 0.250. The monoisotopic (exact) mass is 364 g/mol. The second-order valence-corrected chi connectivity index (χ2v) is 5.98. The van der Waals surface area contributed by atoms with Gasteiger partial charge in [-0.2, -0.15) is 0 Å². The van der Waals surface area contributed by atoms with Gasteiger partial charge in [-0.3, -0.25) is 4.79 Å². The highest BCUT2D eigenvalue weighted by molar-refractivity contribution is 9.10. The zero-order valence-corrected chi connectivity index (χ0v) is 14.2. The molecule has 0 bridgehead atoms. The molecule has 1 aromatic carbocycles. The molecule has 0 radical (unpaired) electrons. The van der Waals surface area contributed by atoms with Crippen molar-refractivity contribution in [2.75, 3.05) is 12.4 Å². The van der Waals surface area contributed by atoms with E-state index >= 15 is 0 Å². The highest BCUT2D eigenvalue weighted by Gasteiger charge is 2.15. The van der Waals surface area contributed by atoms with Crippen molar-refractivity contribution in [3.8, 4) is 0 Å². The minimum absolute atomic E-state index is 0.175. The van der Waals surface area contributed by atoms with Crippen LogP contribution < -0.4 is 5.32 Å². The Hall–Kier alpha value is -2.08. The molecular formula is C16H17BrN2O3. The van der Waals surface area contributed by atoms with Crippen LogP contribution in [0.1, 0.15) is 40.7 Å². The summed E-state index contributed by atoms with van der Waals surface area (Å²) >= 11 is 3.39. The minimum atomic E-state index is -0.407. The smallest absolute Gasteiger partial charge is 0.337 e. The maximum atomic E-state index is 12.4. The molecule has 0 aliphatic rings. The average Bonchev–Trinajstić information content (AvgIpc) is 2.89. The van der Waals surface area contributed by atoms with Crippen molar-refractivity contribution in [3.63, 3.8) is 0 Å². The molecule has 1 aromatic heterocycles. The predicted molar refractivity (Wildman–Crippen MR) is 88.3 cm³/mol. The van der Waals surface area contributed by atoms with Crippen LogP contribution in [-0.4, -0.2) is 23.6 Å². The van der Waals surface area contributed by atoms with Crippen LogP contribution in [0.4, 0.5) is 5.69 Å². The number of ether oxygens (including phenoxy) is 1. The van der Waals surface area contributed by atoms with Crippen molar-refractivity contribution < 1.29 is 14.3 Å². The zero-order chi connectivity index (χ0) is 16.3. The summed E-state index contributed by atoms with van der Waals surface area (Å²) in [6.07, 6.45) is 1.87. The molecule has 0 saturated heterocycles. The Morgan fingerprint density at radius 3 is 2.41 bits per heavy atom. The lowest BCUT2D eigenvalue weighted by Gasteiger charge is -2.12. The number of amides is 1. The van der Waals surface area contributed by atoms with Crippen LogP contribution in [-0.2, 0) is 4.74 Å². The molecule has 5 nitrogen and oxygen atoms in total. The zero-order valence-electron chi connectivity index (χ0n) is 12.6. The van der Waals surface area contributed by atoms with E-state index in [0.717, 1.165) is 4.47 Å². The number of rotatable bonds is 4. The van der Waals surface area contributed by atoms with Gasteiger partial charge in [0.05, 0.1) is 12.7 Å². The fourth-order valence-electron chi connectivity index (χ4n) is 2.06. The Bertz CT molecular complexity index is 690. The lowest BCUT2D eigenvalue weighted by atomic mass is 10.2. The van der Waals surface area contributed by atoms with Crippen molar-refractivity contribution >= 4 is 33.5 Å². The van der Waals surface area contributed by atoms with Crippen molar-refractivity contribution in [1.82, 2.24) is 4.57 Å². The molecule has 0 unspecified atom stereocenters. The number of esters is 1. The van der Waals surface area contributed by atoms with Crippen LogP contribution >= 0.6 is 15.9 Å². The molecule has 0 aliphatic heterocycles. The van der Waals surface area contributed by atoms with E-state index in [2.05, 4.69) is 26.0 Å². The number of hydrogen-bond donors (Lipinski definition) is 1. The van der Waals surface area contributed by atoms with Gasteiger partial charge < -0.3 is 14.6 Å². The van der Waals surface area contributed by atoms with Gasteiger partial charge in [-0.15, -0.1) is 0 Å². The average molecular weight is 365 g/mol. The van der Waals surface area contributed by atoms with Gasteiger partial charge in [0.1, 0.15) is 5.69 Å². The lowest BCUT2D eigenvalue weighted by Crippen LogP contribution is -2.17. The Morgan fingerprint density at radius 1 is 1.23 bits per heavy atom. The summed E-state index contributed by atoms with van der Waals surface area (Å²) in [4.78, 5) is 23.8. The number of carbonyl (C=O) groups is 2. The normalized spacial score (nSPS) is 10.6. The molecule has 0 atom stereocenters. The molecule has 1 heterocycles. The SMILES string of the molecule is COC(=O)c1ccc(NC(=O)c2cc(Br)cn2C(C)C)cc1. The van der Waals surface area contributed by atoms with Crippen LogP contribution in [0.2, 0.25) is 0 Å². The van der Waals surface area contributed by atoms with Gasteiger partial charge in [0.25, 0.3) is 5.91 Å². The van der Waals surface area contributed by atoms with Gasteiger partial charge >= 0.3 is 5.97 Å². The minimum Gasteiger partial charge on any atom is -0.465 e. The number of nitrogens with one attached hydrogen (secondary N) is 1. The van der Waals surface area contributed by atoms with Crippen molar-refractivity contribution in [3.05, 3.63) is 52.3 Å². The fourth-order valence-corrected chi connectivity index (χ4v) is 2.49. The molecule has 2 rings (SSSR count). The first-order valence-corrected chi connectivity index (χ1v) is 7.58. The van der Waals surface area contributed by atoms with E-state index in [9.17, 15) is 9.59 Å². The Morgan fingerprint density at radius 2 is 1.86 bits per heavy atom. The topological polar surface area (TPSA) is 60.3 Å². The van der Waals surface area contributed by atoms with Crippen molar-refractivity contribution in [2.45, 2.75) is 19.9 Å². The number of nitrogens with zero attached hydrogens (tertiary/aromatic N) is 1. The molecule has 0 spiro atoms. The maximum absolute atomic E-state index is 12.4.